The second kappa shape index (κ2) is 7.44. The van der Waals surface area contributed by atoms with E-state index in [1.165, 1.54) is 18.4 Å². The molecular formula is C17H26N2O. The number of anilines is 1. The Bertz CT molecular complexity index is 425. The highest BCUT2D eigenvalue weighted by Gasteiger charge is 2.28. The normalized spacial score (nSPS) is 19.4. The fraction of sp³-hybridized carbons (Fsp3) is 0.588. The summed E-state index contributed by atoms with van der Waals surface area (Å²) in [6.07, 6.45) is 5.60. The van der Waals surface area contributed by atoms with Crippen molar-refractivity contribution < 1.29 is 4.79 Å². The van der Waals surface area contributed by atoms with Gasteiger partial charge in [-0.3, -0.25) is 4.79 Å². The Kier molecular flexibility index (Phi) is 5.60. The fourth-order valence-corrected chi connectivity index (χ4v) is 2.79. The lowest BCUT2D eigenvalue weighted by molar-refractivity contribution is -0.121. The molecule has 1 unspecified atom stereocenters. The van der Waals surface area contributed by atoms with E-state index in [4.69, 9.17) is 0 Å². The number of hydrogen-bond acceptors (Lipinski definition) is 2. The molecule has 0 bridgehead atoms. The topological polar surface area (TPSA) is 32.3 Å². The van der Waals surface area contributed by atoms with Gasteiger partial charge in [-0.1, -0.05) is 32.4 Å². The lowest BCUT2D eigenvalue weighted by Gasteiger charge is -2.32. The van der Waals surface area contributed by atoms with Gasteiger partial charge in [-0.2, -0.15) is 0 Å². The molecule has 1 aliphatic heterocycles. The van der Waals surface area contributed by atoms with Crippen molar-refractivity contribution in [2.24, 2.45) is 0 Å². The molecule has 1 saturated heterocycles. The standard InChI is InChI=1S/C17H26N2O/c1-3-5-7-14-9-11-15(12-10-14)19-13-6-8-16(17(19)20)18-4-2/h9-12,16,18H,3-8,13H2,1-2H3. The van der Waals surface area contributed by atoms with Crippen LogP contribution in [-0.4, -0.2) is 25.0 Å². The zero-order valence-corrected chi connectivity index (χ0v) is 12.7. The van der Waals surface area contributed by atoms with Gasteiger partial charge < -0.3 is 10.2 Å². The van der Waals surface area contributed by atoms with E-state index in [0.717, 1.165) is 38.0 Å². The summed E-state index contributed by atoms with van der Waals surface area (Å²) in [7, 11) is 0. The number of piperidine rings is 1. The molecule has 20 heavy (non-hydrogen) atoms. The lowest BCUT2D eigenvalue weighted by atomic mass is 10.0. The van der Waals surface area contributed by atoms with Gasteiger partial charge in [0.1, 0.15) is 0 Å². The minimum absolute atomic E-state index is 0.00600. The molecule has 0 aromatic heterocycles. The second-order valence-corrected chi connectivity index (χ2v) is 5.51. The molecule has 1 atom stereocenters. The quantitative estimate of drug-likeness (QED) is 0.864. The fourth-order valence-electron chi connectivity index (χ4n) is 2.79. The van der Waals surface area contributed by atoms with Gasteiger partial charge in [0, 0.05) is 12.2 Å². The summed E-state index contributed by atoms with van der Waals surface area (Å²) >= 11 is 0. The van der Waals surface area contributed by atoms with Crippen molar-refractivity contribution in [1.29, 1.82) is 0 Å². The van der Waals surface area contributed by atoms with Crippen molar-refractivity contribution in [2.75, 3.05) is 18.0 Å². The van der Waals surface area contributed by atoms with Gasteiger partial charge in [0.15, 0.2) is 0 Å². The van der Waals surface area contributed by atoms with E-state index in [9.17, 15) is 4.79 Å². The summed E-state index contributed by atoms with van der Waals surface area (Å²) in [6, 6.07) is 8.51. The van der Waals surface area contributed by atoms with Crippen LogP contribution in [0, 0.1) is 0 Å². The molecule has 0 saturated carbocycles. The van der Waals surface area contributed by atoms with E-state index in [-0.39, 0.29) is 11.9 Å². The maximum absolute atomic E-state index is 12.4. The van der Waals surface area contributed by atoms with E-state index in [0.29, 0.717) is 0 Å². The number of carbonyl (C=O) groups is 1. The van der Waals surface area contributed by atoms with E-state index in [2.05, 4.69) is 43.4 Å². The number of benzene rings is 1. The minimum atomic E-state index is -0.00600. The predicted octanol–water partition coefficient (Wildman–Crippen LogP) is 3.13. The first-order chi connectivity index (χ1) is 9.76. The smallest absolute Gasteiger partial charge is 0.244 e. The van der Waals surface area contributed by atoms with Gasteiger partial charge in [-0.15, -0.1) is 0 Å². The second-order valence-electron chi connectivity index (χ2n) is 5.51. The van der Waals surface area contributed by atoms with Gasteiger partial charge in [0.25, 0.3) is 0 Å². The highest BCUT2D eigenvalue weighted by molar-refractivity contribution is 5.97. The molecule has 1 aliphatic rings. The minimum Gasteiger partial charge on any atom is -0.311 e. The average Bonchev–Trinajstić information content (AvgIpc) is 2.48. The van der Waals surface area contributed by atoms with Crippen LogP contribution in [0.4, 0.5) is 5.69 Å². The molecule has 3 heteroatoms. The first-order valence-electron chi connectivity index (χ1n) is 7.90. The van der Waals surface area contributed by atoms with Crippen LogP contribution < -0.4 is 10.2 Å². The average molecular weight is 274 g/mol. The number of unbranched alkanes of at least 4 members (excludes halogenated alkanes) is 1. The van der Waals surface area contributed by atoms with Crippen molar-refractivity contribution in [3.05, 3.63) is 29.8 Å². The van der Waals surface area contributed by atoms with Crippen LogP contribution in [0.2, 0.25) is 0 Å². The summed E-state index contributed by atoms with van der Waals surface area (Å²) in [5.74, 6) is 0.222. The number of hydrogen-bond donors (Lipinski definition) is 1. The molecule has 1 aromatic carbocycles. The van der Waals surface area contributed by atoms with Crippen molar-refractivity contribution in [3.63, 3.8) is 0 Å². The summed E-state index contributed by atoms with van der Waals surface area (Å²) < 4.78 is 0. The number of likely N-dealkylation sites (N-methyl/N-ethyl adjacent to an activating group) is 1. The maximum Gasteiger partial charge on any atom is 0.244 e. The Morgan fingerprint density at radius 2 is 2.00 bits per heavy atom. The van der Waals surface area contributed by atoms with E-state index >= 15 is 0 Å². The Morgan fingerprint density at radius 3 is 2.65 bits per heavy atom. The molecule has 0 aliphatic carbocycles. The van der Waals surface area contributed by atoms with Crippen molar-refractivity contribution in [1.82, 2.24) is 5.32 Å². The van der Waals surface area contributed by atoms with Crippen LogP contribution in [0.15, 0.2) is 24.3 Å². The molecule has 1 heterocycles. The van der Waals surface area contributed by atoms with Crippen LogP contribution in [0.25, 0.3) is 0 Å². The summed E-state index contributed by atoms with van der Waals surface area (Å²) in [5, 5.41) is 3.28. The Balaban J connectivity index is 2.04. The van der Waals surface area contributed by atoms with Gasteiger partial charge in [0.05, 0.1) is 6.04 Å². The Hall–Kier alpha value is -1.35. The zero-order valence-electron chi connectivity index (χ0n) is 12.7. The largest absolute Gasteiger partial charge is 0.311 e. The number of nitrogens with zero attached hydrogens (tertiary/aromatic N) is 1. The maximum atomic E-state index is 12.4. The molecule has 1 N–H and O–H groups in total. The monoisotopic (exact) mass is 274 g/mol. The van der Waals surface area contributed by atoms with E-state index in [1.807, 2.05) is 4.90 Å². The molecule has 0 radical (unpaired) electrons. The highest BCUT2D eigenvalue weighted by atomic mass is 16.2. The Morgan fingerprint density at radius 1 is 1.25 bits per heavy atom. The van der Waals surface area contributed by atoms with Gasteiger partial charge >= 0.3 is 0 Å². The number of carbonyl (C=O) groups excluding carboxylic acids is 1. The Labute approximate surface area is 122 Å². The molecule has 110 valence electrons. The van der Waals surface area contributed by atoms with Gasteiger partial charge in [0.2, 0.25) is 5.91 Å². The third-order valence-corrected chi connectivity index (χ3v) is 3.96. The highest BCUT2D eigenvalue weighted by Crippen LogP contribution is 2.22. The molecule has 1 amide bonds. The first-order valence-corrected chi connectivity index (χ1v) is 7.90. The molecular weight excluding hydrogens is 248 g/mol. The molecule has 0 spiro atoms. The van der Waals surface area contributed by atoms with Gasteiger partial charge in [-0.25, -0.2) is 0 Å². The number of rotatable bonds is 6. The third-order valence-electron chi connectivity index (χ3n) is 3.96. The van der Waals surface area contributed by atoms with Crippen LogP contribution >= 0.6 is 0 Å². The molecule has 3 nitrogen and oxygen atoms in total. The molecule has 1 aromatic rings. The SMILES string of the molecule is CCCCc1ccc(N2CCCC(NCC)C2=O)cc1. The van der Waals surface area contributed by atoms with E-state index < -0.39 is 0 Å². The van der Waals surface area contributed by atoms with Crippen LogP contribution in [-0.2, 0) is 11.2 Å². The predicted molar refractivity (Wildman–Crippen MR) is 84.1 cm³/mol. The van der Waals surface area contributed by atoms with Crippen molar-refractivity contribution >= 4 is 11.6 Å². The lowest BCUT2D eigenvalue weighted by Crippen LogP contribution is -2.50. The van der Waals surface area contributed by atoms with Crippen molar-refractivity contribution in [2.45, 2.75) is 52.0 Å². The number of nitrogens with one attached hydrogen (secondary N) is 1. The molecule has 1 fully saturated rings. The van der Waals surface area contributed by atoms with Gasteiger partial charge in [-0.05, 0) is 49.9 Å². The summed E-state index contributed by atoms with van der Waals surface area (Å²) in [5.41, 5.74) is 2.40. The summed E-state index contributed by atoms with van der Waals surface area (Å²) in [4.78, 5) is 14.4. The zero-order chi connectivity index (χ0) is 14.4. The van der Waals surface area contributed by atoms with Crippen LogP contribution in [0.1, 0.15) is 45.1 Å². The van der Waals surface area contributed by atoms with Crippen molar-refractivity contribution in [3.8, 4) is 0 Å². The number of aryl methyl sites for hydroxylation is 1. The first kappa shape index (κ1) is 15.0. The third kappa shape index (κ3) is 3.60. The summed E-state index contributed by atoms with van der Waals surface area (Å²) in [6.45, 7) is 5.95. The van der Waals surface area contributed by atoms with Crippen LogP contribution in [0.3, 0.4) is 0 Å². The van der Waals surface area contributed by atoms with E-state index in [1.54, 1.807) is 0 Å². The number of amides is 1. The van der Waals surface area contributed by atoms with Crippen LogP contribution in [0.5, 0.6) is 0 Å². The molecule has 2 rings (SSSR count).